The van der Waals surface area contributed by atoms with Crippen molar-refractivity contribution in [2.45, 2.75) is 0 Å². The van der Waals surface area contributed by atoms with Gasteiger partial charge in [0.15, 0.2) is 0 Å². The van der Waals surface area contributed by atoms with Crippen LogP contribution in [0.25, 0.3) is 0 Å². The topological polar surface area (TPSA) is 12.0 Å². The van der Waals surface area contributed by atoms with Gasteiger partial charge in [0.2, 0.25) is 0 Å². The molecule has 0 atom stereocenters. The Morgan fingerprint density at radius 3 is 1.93 bits per heavy atom. The van der Waals surface area contributed by atoms with E-state index in [0.717, 1.165) is 11.4 Å². The molecule has 14 heavy (non-hydrogen) atoms. The molecule has 0 heterocycles. The summed E-state index contributed by atoms with van der Waals surface area (Å²) in [6, 6.07) is 16.1. The van der Waals surface area contributed by atoms with Gasteiger partial charge in [-0.3, -0.25) is 0 Å². The molecule has 1 nitrogen and oxygen atoms in total. The minimum absolute atomic E-state index is 0.219. The monoisotopic (exact) mass is 187 g/mol. The Labute approximate surface area is 82.2 Å². The Hall–Kier alpha value is -1.83. The average Bonchev–Trinajstić information content (AvgIpc) is 2.23. The lowest BCUT2D eigenvalue weighted by Crippen LogP contribution is -1.89. The van der Waals surface area contributed by atoms with Crippen LogP contribution in [0.15, 0.2) is 54.6 Å². The lowest BCUT2D eigenvalue weighted by Gasteiger charge is -2.05. The Balaban J connectivity index is 2.16. The second-order valence-electron chi connectivity index (χ2n) is 3.00. The summed E-state index contributed by atoms with van der Waals surface area (Å²) in [5.74, 6) is -0.219. The number of halogens is 1. The number of rotatable bonds is 2. The molecular weight excluding hydrogens is 177 g/mol. The smallest absolute Gasteiger partial charge is 0.123 e. The maximum atomic E-state index is 12.6. The van der Waals surface area contributed by atoms with Crippen LogP contribution in [0.1, 0.15) is 0 Å². The fraction of sp³-hybridized carbons (Fsp3) is 0. The Bertz CT molecular complexity index is 394. The largest absolute Gasteiger partial charge is 0.356 e. The van der Waals surface area contributed by atoms with E-state index < -0.39 is 0 Å². The molecule has 0 aliphatic carbocycles. The summed E-state index contributed by atoms with van der Waals surface area (Å²) in [5, 5.41) is 3.16. The molecule has 0 radical (unpaired) electrons. The van der Waals surface area contributed by atoms with Gasteiger partial charge >= 0.3 is 0 Å². The van der Waals surface area contributed by atoms with Gasteiger partial charge < -0.3 is 5.32 Å². The minimum atomic E-state index is -0.219. The van der Waals surface area contributed by atoms with E-state index in [1.54, 1.807) is 12.1 Å². The fourth-order valence-electron chi connectivity index (χ4n) is 1.22. The molecule has 0 unspecified atom stereocenters. The van der Waals surface area contributed by atoms with Crippen LogP contribution in [-0.2, 0) is 0 Å². The van der Waals surface area contributed by atoms with E-state index in [1.165, 1.54) is 12.1 Å². The molecule has 1 N–H and O–H groups in total. The molecule has 0 saturated carbocycles. The van der Waals surface area contributed by atoms with Crippen LogP contribution < -0.4 is 5.32 Å². The highest BCUT2D eigenvalue weighted by molar-refractivity contribution is 5.58. The number of benzene rings is 2. The van der Waals surface area contributed by atoms with E-state index in [9.17, 15) is 4.39 Å². The molecule has 2 rings (SSSR count). The number of nitrogens with one attached hydrogen (secondary N) is 1. The molecule has 0 amide bonds. The van der Waals surface area contributed by atoms with Crippen molar-refractivity contribution >= 4 is 11.4 Å². The van der Waals surface area contributed by atoms with Gasteiger partial charge in [0.1, 0.15) is 5.82 Å². The maximum absolute atomic E-state index is 12.6. The first-order valence-electron chi connectivity index (χ1n) is 4.42. The van der Waals surface area contributed by atoms with Gasteiger partial charge in [0.25, 0.3) is 0 Å². The third-order valence-corrected chi connectivity index (χ3v) is 1.91. The van der Waals surface area contributed by atoms with Crippen molar-refractivity contribution in [3.05, 3.63) is 60.4 Å². The molecule has 0 spiro atoms. The van der Waals surface area contributed by atoms with Crippen LogP contribution >= 0.6 is 0 Å². The van der Waals surface area contributed by atoms with Crippen molar-refractivity contribution in [3.8, 4) is 0 Å². The Kier molecular flexibility index (Phi) is 2.45. The normalized spacial score (nSPS) is 9.79. The van der Waals surface area contributed by atoms with Crippen molar-refractivity contribution < 1.29 is 4.39 Å². The summed E-state index contributed by atoms with van der Waals surface area (Å²) in [7, 11) is 0. The first-order valence-corrected chi connectivity index (χ1v) is 4.42. The van der Waals surface area contributed by atoms with E-state index in [1.807, 2.05) is 30.3 Å². The average molecular weight is 187 g/mol. The standard InChI is InChI=1S/C12H10FN/c13-10-6-8-12(9-7-10)14-11-4-2-1-3-5-11/h1-9,14H. The first-order chi connectivity index (χ1) is 6.84. The van der Waals surface area contributed by atoms with Gasteiger partial charge in [0, 0.05) is 11.4 Å². The zero-order chi connectivity index (χ0) is 9.80. The molecule has 0 saturated heterocycles. The molecule has 70 valence electrons. The van der Waals surface area contributed by atoms with Crippen LogP contribution in [0, 0.1) is 5.82 Å². The Morgan fingerprint density at radius 2 is 1.29 bits per heavy atom. The molecule has 0 aliphatic heterocycles. The zero-order valence-corrected chi connectivity index (χ0v) is 7.57. The highest BCUT2D eigenvalue weighted by Gasteiger charge is 1.93. The van der Waals surface area contributed by atoms with Crippen LogP contribution in [0.5, 0.6) is 0 Å². The van der Waals surface area contributed by atoms with E-state index in [-0.39, 0.29) is 5.82 Å². The van der Waals surface area contributed by atoms with Crippen LogP contribution in [0.2, 0.25) is 0 Å². The van der Waals surface area contributed by atoms with E-state index in [2.05, 4.69) is 5.32 Å². The lowest BCUT2D eigenvalue weighted by molar-refractivity contribution is 0.628. The number of para-hydroxylation sites is 1. The second kappa shape index (κ2) is 3.92. The van der Waals surface area contributed by atoms with Crippen molar-refractivity contribution in [1.29, 1.82) is 0 Å². The van der Waals surface area contributed by atoms with Crippen molar-refractivity contribution in [2.75, 3.05) is 5.32 Å². The summed E-state index contributed by atoms with van der Waals surface area (Å²) in [5.41, 5.74) is 1.89. The van der Waals surface area contributed by atoms with Crippen molar-refractivity contribution in [3.63, 3.8) is 0 Å². The number of anilines is 2. The third kappa shape index (κ3) is 2.10. The Morgan fingerprint density at radius 1 is 0.714 bits per heavy atom. The molecule has 2 heteroatoms. The van der Waals surface area contributed by atoms with Gasteiger partial charge in [-0.2, -0.15) is 0 Å². The van der Waals surface area contributed by atoms with Gasteiger partial charge in [-0.15, -0.1) is 0 Å². The van der Waals surface area contributed by atoms with Gasteiger partial charge in [-0.05, 0) is 36.4 Å². The SMILES string of the molecule is Fc1ccc(Nc2ccccc2)cc1. The molecule has 0 bridgehead atoms. The van der Waals surface area contributed by atoms with Gasteiger partial charge in [-0.1, -0.05) is 18.2 Å². The molecule has 2 aromatic carbocycles. The van der Waals surface area contributed by atoms with Crippen molar-refractivity contribution in [1.82, 2.24) is 0 Å². The second-order valence-corrected chi connectivity index (χ2v) is 3.00. The van der Waals surface area contributed by atoms with Crippen LogP contribution in [0.4, 0.5) is 15.8 Å². The zero-order valence-electron chi connectivity index (χ0n) is 7.57. The molecule has 0 aliphatic rings. The molecule has 0 fully saturated rings. The first kappa shape index (κ1) is 8.75. The number of hydrogen-bond donors (Lipinski definition) is 1. The number of hydrogen-bond acceptors (Lipinski definition) is 1. The van der Waals surface area contributed by atoms with Gasteiger partial charge in [0.05, 0.1) is 0 Å². The lowest BCUT2D eigenvalue weighted by atomic mass is 10.2. The van der Waals surface area contributed by atoms with E-state index in [0.29, 0.717) is 0 Å². The fourth-order valence-corrected chi connectivity index (χ4v) is 1.22. The highest BCUT2D eigenvalue weighted by Crippen LogP contribution is 2.15. The summed E-state index contributed by atoms with van der Waals surface area (Å²) in [6.07, 6.45) is 0. The predicted octanol–water partition coefficient (Wildman–Crippen LogP) is 3.57. The quantitative estimate of drug-likeness (QED) is 0.757. The minimum Gasteiger partial charge on any atom is -0.356 e. The maximum Gasteiger partial charge on any atom is 0.123 e. The predicted molar refractivity (Wildman–Crippen MR) is 56.1 cm³/mol. The third-order valence-electron chi connectivity index (χ3n) is 1.91. The summed E-state index contributed by atoms with van der Waals surface area (Å²) >= 11 is 0. The summed E-state index contributed by atoms with van der Waals surface area (Å²) in [4.78, 5) is 0. The van der Waals surface area contributed by atoms with Crippen LogP contribution in [-0.4, -0.2) is 0 Å². The van der Waals surface area contributed by atoms with E-state index >= 15 is 0 Å². The molecule has 0 aromatic heterocycles. The van der Waals surface area contributed by atoms with Crippen LogP contribution in [0.3, 0.4) is 0 Å². The van der Waals surface area contributed by atoms with Gasteiger partial charge in [-0.25, -0.2) is 4.39 Å². The summed E-state index contributed by atoms with van der Waals surface area (Å²) < 4.78 is 12.6. The van der Waals surface area contributed by atoms with Crippen molar-refractivity contribution in [2.24, 2.45) is 0 Å². The molecule has 2 aromatic rings. The highest BCUT2D eigenvalue weighted by atomic mass is 19.1. The summed E-state index contributed by atoms with van der Waals surface area (Å²) in [6.45, 7) is 0. The van der Waals surface area contributed by atoms with E-state index in [4.69, 9.17) is 0 Å². The molecular formula is C12H10FN.